The zero-order valence-electron chi connectivity index (χ0n) is 66.3. The predicted molar refractivity (Wildman–Crippen MR) is 415 cm³/mol. The van der Waals surface area contributed by atoms with Crippen LogP contribution in [0.3, 0.4) is 0 Å². The Balaban J connectivity index is 0.000000120. The van der Waals surface area contributed by atoms with E-state index in [-0.39, 0.29) is 26.3 Å². The molecule has 4 saturated heterocycles. The summed E-state index contributed by atoms with van der Waals surface area (Å²) in [6.45, 7) is 15.8. The van der Waals surface area contributed by atoms with Crippen molar-refractivity contribution in [3.63, 3.8) is 0 Å². The second-order valence-electron chi connectivity index (χ2n) is 34.2. The number of nitrogens with zero attached hydrogens (tertiary/aromatic N) is 8. The smallest absolute Gasteiger partial charge is 0.255 e. The van der Waals surface area contributed by atoms with Gasteiger partial charge >= 0.3 is 0 Å². The molecule has 0 amide bonds. The van der Waals surface area contributed by atoms with Crippen LogP contribution in [0.1, 0.15) is 191 Å². The second kappa shape index (κ2) is 35.6. The highest BCUT2D eigenvalue weighted by molar-refractivity contribution is 5.53. The molecule has 0 spiro atoms. The molecule has 9 fully saturated rings. The van der Waals surface area contributed by atoms with Crippen molar-refractivity contribution in [3.05, 3.63) is 93.0 Å². The number of halogens is 4. The van der Waals surface area contributed by atoms with Crippen molar-refractivity contribution in [2.75, 3.05) is 175 Å². The first-order valence-electron chi connectivity index (χ1n) is 41.6. The summed E-state index contributed by atoms with van der Waals surface area (Å²) in [4.78, 5) is 21.0. The van der Waals surface area contributed by atoms with Crippen molar-refractivity contribution in [3.8, 4) is 46.0 Å². The van der Waals surface area contributed by atoms with Gasteiger partial charge in [-0.1, -0.05) is 77.0 Å². The minimum absolute atomic E-state index is 0.0588. The predicted octanol–water partition coefficient (Wildman–Crippen LogP) is 14.9. The summed E-state index contributed by atoms with van der Waals surface area (Å²) in [6.07, 6.45) is 27.1. The van der Waals surface area contributed by atoms with Gasteiger partial charge in [0.05, 0.1) is 60.9 Å². The molecule has 4 aromatic rings. The molecule has 0 radical (unpaired) electrons. The van der Waals surface area contributed by atoms with Crippen LogP contribution in [0.2, 0.25) is 0 Å². The second-order valence-corrected chi connectivity index (χ2v) is 34.2. The fraction of sp³-hybridized carbons (Fsp3) is 0.724. The first kappa shape index (κ1) is 78.4. The highest BCUT2D eigenvalue weighted by Gasteiger charge is 2.57. The molecule has 1 unspecified atom stereocenters. The minimum atomic E-state index is -2.55. The van der Waals surface area contributed by atoms with E-state index >= 15 is 0 Å². The number of likely N-dealkylation sites (N-methyl/N-ethyl adjacent to an activating group) is 4. The minimum Gasteiger partial charge on any atom is -0.493 e. The third-order valence-electron chi connectivity index (χ3n) is 27.6. The average molecular weight is 1490 g/mol. The van der Waals surface area contributed by atoms with Crippen LogP contribution in [0.25, 0.3) is 0 Å². The van der Waals surface area contributed by atoms with Gasteiger partial charge < -0.3 is 57.5 Å². The highest BCUT2D eigenvalue weighted by atomic mass is 19.3. The van der Waals surface area contributed by atoms with Crippen molar-refractivity contribution in [2.45, 2.75) is 202 Å². The summed E-state index contributed by atoms with van der Waals surface area (Å²) in [5, 5.41) is 0. The Labute approximate surface area is 637 Å². The average Bonchev–Trinajstić information content (AvgIpc) is 1.10. The topological polar surface area (TPSA) is 99.8 Å². The molecule has 8 aliphatic heterocycles. The molecule has 5 saturated carbocycles. The molecule has 0 aromatic heterocycles. The van der Waals surface area contributed by atoms with Gasteiger partial charge in [-0.05, 0) is 203 Å². The maximum absolute atomic E-state index is 13.2. The Kier molecular flexibility index (Phi) is 26.1. The molecular weight excluding hydrogens is 1360 g/mol. The van der Waals surface area contributed by atoms with E-state index in [1.165, 1.54) is 173 Å². The largest absolute Gasteiger partial charge is 0.493 e. The van der Waals surface area contributed by atoms with E-state index in [4.69, 9.17) is 37.9 Å². The third kappa shape index (κ3) is 18.1. The van der Waals surface area contributed by atoms with Gasteiger partial charge in [-0.15, -0.1) is 0 Å². The zero-order chi connectivity index (χ0) is 74.5. The van der Waals surface area contributed by atoms with E-state index in [1.54, 1.807) is 28.4 Å². The fourth-order valence-electron chi connectivity index (χ4n) is 19.8. The molecular formula is C87H128F4N8O8. The first-order chi connectivity index (χ1) is 52.0. The van der Waals surface area contributed by atoms with Gasteiger partial charge in [0.25, 0.3) is 5.92 Å². The van der Waals surface area contributed by atoms with Gasteiger partial charge in [-0.2, -0.15) is 0 Å². The lowest BCUT2D eigenvalue weighted by molar-refractivity contribution is 0.0217. The Morgan fingerprint density at radius 2 is 0.664 bits per heavy atom. The summed E-state index contributed by atoms with van der Waals surface area (Å²) in [5.41, 5.74) is 10.9. The van der Waals surface area contributed by atoms with Gasteiger partial charge in [-0.25, -0.2) is 13.2 Å². The Bertz CT molecular complexity index is 3580. The third-order valence-corrected chi connectivity index (χ3v) is 27.6. The summed E-state index contributed by atoms with van der Waals surface area (Å²) >= 11 is 0. The van der Waals surface area contributed by atoms with E-state index in [9.17, 15) is 17.6 Å². The quantitative estimate of drug-likeness (QED) is 0.0491. The van der Waals surface area contributed by atoms with Gasteiger partial charge in [0, 0.05) is 140 Å². The van der Waals surface area contributed by atoms with Crippen molar-refractivity contribution in [2.24, 2.45) is 29.6 Å². The number of rotatable bonds is 24. The van der Waals surface area contributed by atoms with Crippen LogP contribution < -0.4 is 37.9 Å². The molecule has 9 atom stereocenters. The van der Waals surface area contributed by atoms with Crippen molar-refractivity contribution in [1.82, 2.24) is 39.2 Å². The Hall–Kier alpha value is -5.32. The van der Waals surface area contributed by atoms with Crippen LogP contribution in [-0.4, -0.2) is 244 Å². The number of ether oxygens (including phenoxy) is 8. The van der Waals surface area contributed by atoms with Gasteiger partial charge in [0.1, 0.15) is 13.3 Å². The van der Waals surface area contributed by atoms with Gasteiger partial charge in [0.15, 0.2) is 46.0 Å². The summed E-state index contributed by atoms with van der Waals surface area (Å²) in [5.74, 6) is 6.56. The van der Waals surface area contributed by atoms with Crippen LogP contribution in [0.5, 0.6) is 46.0 Å². The summed E-state index contributed by atoms with van der Waals surface area (Å²) < 4.78 is 96.5. The van der Waals surface area contributed by atoms with Crippen LogP contribution in [-0.2, 0) is 25.7 Å². The molecule has 17 rings (SSSR count). The monoisotopic (exact) mass is 1490 g/mol. The number of hydrogen-bond donors (Lipinski definition) is 0. The maximum Gasteiger partial charge on any atom is 0.255 e. The molecule has 4 aromatic carbocycles. The summed E-state index contributed by atoms with van der Waals surface area (Å²) in [6, 6.07) is 21.6. The number of hydrogen-bond acceptors (Lipinski definition) is 16. The van der Waals surface area contributed by atoms with E-state index < -0.39 is 18.5 Å². The van der Waals surface area contributed by atoms with Crippen LogP contribution in [0.4, 0.5) is 17.6 Å². The summed E-state index contributed by atoms with van der Waals surface area (Å²) in [7, 11) is 15.9. The first-order valence-corrected chi connectivity index (χ1v) is 41.6. The van der Waals surface area contributed by atoms with E-state index in [0.29, 0.717) is 79.2 Å². The van der Waals surface area contributed by atoms with Crippen molar-refractivity contribution >= 4 is 0 Å². The highest BCUT2D eigenvalue weighted by Crippen LogP contribution is 2.51. The molecule has 5 aliphatic carbocycles. The lowest BCUT2D eigenvalue weighted by Gasteiger charge is -2.49. The molecule has 592 valence electrons. The van der Waals surface area contributed by atoms with Crippen LogP contribution in [0.15, 0.2) is 48.5 Å². The number of alkyl halides is 4. The Morgan fingerprint density at radius 1 is 0.374 bits per heavy atom. The molecule has 13 aliphatic rings. The number of benzene rings is 4. The molecule has 107 heavy (non-hydrogen) atoms. The molecule has 0 N–H and O–H groups in total. The molecule has 8 heterocycles. The van der Waals surface area contributed by atoms with E-state index in [0.717, 1.165) is 137 Å². The van der Waals surface area contributed by atoms with Crippen molar-refractivity contribution in [1.29, 1.82) is 0 Å². The van der Waals surface area contributed by atoms with Crippen LogP contribution in [0, 0.1) is 29.6 Å². The molecule has 20 heteroatoms. The Morgan fingerprint density at radius 3 is 0.916 bits per heavy atom. The zero-order valence-corrected chi connectivity index (χ0v) is 66.3. The maximum atomic E-state index is 13.2. The lowest BCUT2D eigenvalue weighted by Crippen LogP contribution is -2.55. The number of methoxy groups -OCH3 is 4. The molecule has 0 bridgehead atoms. The van der Waals surface area contributed by atoms with E-state index in [1.807, 2.05) is 13.0 Å². The molecule has 16 nitrogen and oxygen atoms in total. The van der Waals surface area contributed by atoms with Gasteiger partial charge in [-0.3, -0.25) is 24.0 Å². The lowest BCUT2D eigenvalue weighted by atomic mass is 9.79. The fourth-order valence-corrected chi connectivity index (χ4v) is 19.8. The number of piperazine rings is 4. The SMILES string of the molecule is CCOc1cc2c(cc1OC)[C@H]1CN(C)[C@H](CC3CCC3)CN1CC2.COc1cc2c(cc1OCC1CC1(F)F)CCN1C[C@@H](CC3CCC3)N(C)C[C@H]21.COc1cc2c(cc1OCCCF)CCN1C[C@@H](CC3CCC3)N(C)C[C@H]21.COc1cc2c(cc1OCCF)CCN1C[C@@H](CC3CCC3)N(C)C[C@H]21. The normalized spacial score (nSPS) is 28.0. The van der Waals surface area contributed by atoms with E-state index in [2.05, 4.69) is 110 Å². The van der Waals surface area contributed by atoms with Crippen molar-refractivity contribution < 1.29 is 55.5 Å². The van der Waals surface area contributed by atoms with Crippen LogP contribution >= 0.6 is 0 Å². The standard InChI is InChI=1S/C23H32F2N2O2.C22H33FN2O2.C21H31FN2O2.C21H32N2O2/c1-26-13-20-19-10-21(28-2)22(29-14-17-11-23(17,24)25)9-16(19)6-7-27(20)12-18(26)8-15-4-3-5-15;1-24-15-20-19-13-21(26-2)22(27-10-4-8-23)12-17(19)7-9-25(20)14-18(24)11-16-5-3-6-16;1-23-14-19-18-12-20(25-2)21(26-9-7-22)11-16(18)6-8-24(19)13-17(23)10-15-4-3-5-15;1-4-25-21-11-16-8-9-23-13-17(10-15-6-5-7-15)22(2)14-19(23)18(16)12-20(21)24-3/h9-10,15,17-18,20H,3-8,11-14H2,1-2H3;12-13,16,18,20H,3-11,14-15H2,1-2H3;11-12,15,17,19H,3-10,13-14H2,1-2H3;11-12,15,17,19H,4-10,13-14H2,1-3H3/t17?,18-,20-;18-,20-;2*17-,19-/m1111/s1. The number of fused-ring (bicyclic) bond motifs is 12. The van der Waals surface area contributed by atoms with Gasteiger partial charge in [0.2, 0.25) is 0 Å².